The molecular formula is C16H21N3O4. The Labute approximate surface area is 135 Å². The molecule has 0 fully saturated rings. The summed E-state index contributed by atoms with van der Waals surface area (Å²) in [6.07, 6.45) is 0.919. The number of aromatic nitrogens is 2. The van der Waals surface area contributed by atoms with Crippen LogP contribution in [0.5, 0.6) is 11.5 Å². The van der Waals surface area contributed by atoms with Gasteiger partial charge in [-0.3, -0.25) is 4.79 Å². The van der Waals surface area contributed by atoms with Crippen molar-refractivity contribution in [2.24, 2.45) is 0 Å². The minimum atomic E-state index is -0.316. The number of hydrogen-bond donors (Lipinski definition) is 1. The number of methoxy groups -OCH3 is 2. The van der Waals surface area contributed by atoms with Gasteiger partial charge < -0.3 is 19.3 Å². The van der Waals surface area contributed by atoms with Crippen LogP contribution in [0.4, 0.5) is 0 Å². The highest BCUT2D eigenvalue weighted by Crippen LogP contribution is 2.23. The molecule has 1 N–H and O–H groups in total. The summed E-state index contributed by atoms with van der Waals surface area (Å²) in [5, 5.41) is 6.55. The lowest BCUT2D eigenvalue weighted by atomic mass is 10.1. The Hall–Kier alpha value is -2.57. The highest BCUT2D eigenvalue weighted by Gasteiger charge is 2.15. The van der Waals surface area contributed by atoms with E-state index in [1.54, 1.807) is 34.1 Å². The molecule has 0 radical (unpaired) electrons. The van der Waals surface area contributed by atoms with Gasteiger partial charge in [0.1, 0.15) is 17.5 Å². The zero-order valence-corrected chi connectivity index (χ0v) is 13.8. The van der Waals surface area contributed by atoms with Gasteiger partial charge in [0.15, 0.2) is 5.82 Å². The number of carbonyl (C=O) groups excluding carboxylic acids is 1. The molecule has 2 aromatic rings. The fourth-order valence-electron chi connectivity index (χ4n) is 2.13. The monoisotopic (exact) mass is 319 g/mol. The number of aryl methyl sites for hydroxylation is 2. The van der Waals surface area contributed by atoms with Crippen molar-refractivity contribution in [3.05, 3.63) is 35.5 Å². The second-order valence-corrected chi connectivity index (χ2v) is 5.19. The predicted molar refractivity (Wildman–Crippen MR) is 83.5 cm³/mol. The molecule has 0 spiro atoms. The molecule has 23 heavy (non-hydrogen) atoms. The standard InChI is InChI=1S/C16H21N3O4/c1-10(16-18-11(2)19-23-16)17-15(20)6-5-12-7-13(21-3)9-14(8-12)22-4/h7-10H,5-6H2,1-4H3,(H,17,20)/t10-/m0/s1. The molecule has 1 atom stereocenters. The largest absolute Gasteiger partial charge is 0.497 e. The van der Waals surface area contributed by atoms with Crippen molar-refractivity contribution in [3.63, 3.8) is 0 Å². The van der Waals surface area contributed by atoms with Gasteiger partial charge in [-0.15, -0.1) is 0 Å². The number of rotatable bonds is 7. The Kier molecular flexibility index (Phi) is 5.56. The number of carbonyl (C=O) groups is 1. The van der Waals surface area contributed by atoms with Gasteiger partial charge in [0.2, 0.25) is 11.8 Å². The molecule has 0 aliphatic rings. The Morgan fingerprint density at radius 3 is 2.43 bits per heavy atom. The molecule has 0 aliphatic carbocycles. The summed E-state index contributed by atoms with van der Waals surface area (Å²) in [5.74, 6) is 2.27. The van der Waals surface area contributed by atoms with Crippen LogP contribution in [0.2, 0.25) is 0 Å². The van der Waals surface area contributed by atoms with E-state index in [2.05, 4.69) is 15.5 Å². The van der Waals surface area contributed by atoms with E-state index < -0.39 is 0 Å². The first kappa shape index (κ1) is 16.8. The van der Waals surface area contributed by atoms with Gasteiger partial charge in [-0.1, -0.05) is 5.16 Å². The van der Waals surface area contributed by atoms with Crippen molar-refractivity contribution in [2.75, 3.05) is 14.2 Å². The molecule has 2 rings (SSSR count). The first-order chi connectivity index (χ1) is 11.0. The SMILES string of the molecule is COc1cc(CCC(=O)N[C@@H](C)c2nc(C)no2)cc(OC)c1. The topological polar surface area (TPSA) is 86.5 Å². The molecular weight excluding hydrogens is 298 g/mol. The molecule has 1 heterocycles. The summed E-state index contributed by atoms with van der Waals surface area (Å²) in [6.45, 7) is 3.54. The van der Waals surface area contributed by atoms with E-state index in [1.165, 1.54) is 0 Å². The summed E-state index contributed by atoms with van der Waals surface area (Å²) in [6, 6.07) is 5.26. The lowest BCUT2D eigenvalue weighted by Gasteiger charge is -2.11. The molecule has 124 valence electrons. The maximum atomic E-state index is 12.1. The van der Waals surface area contributed by atoms with Crippen molar-refractivity contribution >= 4 is 5.91 Å². The predicted octanol–water partition coefficient (Wildman–Crippen LogP) is 2.21. The maximum Gasteiger partial charge on any atom is 0.248 e. The average molecular weight is 319 g/mol. The minimum absolute atomic E-state index is 0.0878. The number of ether oxygens (including phenoxy) is 2. The zero-order valence-electron chi connectivity index (χ0n) is 13.8. The minimum Gasteiger partial charge on any atom is -0.497 e. The highest BCUT2D eigenvalue weighted by molar-refractivity contribution is 5.76. The number of amides is 1. The molecule has 7 heteroatoms. The lowest BCUT2D eigenvalue weighted by molar-refractivity contribution is -0.121. The Morgan fingerprint density at radius 1 is 1.26 bits per heavy atom. The molecule has 0 bridgehead atoms. The van der Waals surface area contributed by atoms with Crippen LogP contribution >= 0.6 is 0 Å². The summed E-state index contributed by atoms with van der Waals surface area (Å²) < 4.78 is 15.5. The van der Waals surface area contributed by atoms with Crippen LogP contribution in [0.25, 0.3) is 0 Å². The van der Waals surface area contributed by atoms with E-state index in [4.69, 9.17) is 14.0 Å². The molecule has 0 saturated heterocycles. The molecule has 0 unspecified atom stereocenters. The van der Waals surface area contributed by atoms with Crippen molar-refractivity contribution < 1.29 is 18.8 Å². The molecule has 0 saturated carbocycles. The van der Waals surface area contributed by atoms with E-state index in [9.17, 15) is 4.79 Å². The summed E-state index contributed by atoms with van der Waals surface area (Å²) in [4.78, 5) is 16.2. The Morgan fingerprint density at radius 2 is 1.91 bits per heavy atom. The summed E-state index contributed by atoms with van der Waals surface area (Å²) in [7, 11) is 3.19. The van der Waals surface area contributed by atoms with Crippen LogP contribution in [-0.4, -0.2) is 30.3 Å². The second kappa shape index (κ2) is 7.62. The zero-order chi connectivity index (χ0) is 16.8. The van der Waals surface area contributed by atoms with Crippen LogP contribution in [0.15, 0.2) is 22.7 Å². The van der Waals surface area contributed by atoms with Gasteiger partial charge in [-0.05, 0) is 38.0 Å². The van der Waals surface area contributed by atoms with Crippen LogP contribution in [0, 0.1) is 6.92 Å². The van der Waals surface area contributed by atoms with Crippen molar-refractivity contribution in [3.8, 4) is 11.5 Å². The Balaban J connectivity index is 1.91. The van der Waals surface area contributed by atoms with Gasteiger partial charge in [0, 0.05) is 12.5 Å². The highest BCUT2D eigenvalue weighted by atomic mass is 16.5. The third-order valence-corrected chi connectivity index (χ3v) is 3.34. The molecule has 1 amide bonds. The van der Waals surface area contributed by atoms with Gasteiger partial charge in [-0.25, -0.2) is 0 Å². The average Bonchev–Trinajstić information content (AvgIpc) is 2.99. The van der Waals surface area contributed by atoms with E-state index in [1.807, 2.05) is 12.1 Å². The molecule has 7 nitrogen and oxygen atoms in total. The Bertz CT molecular complexity index is 647. The van der Waals surface area contributed by atoms with Crippen molar-refractivity contribution in [2.45, 2.75) is 32.7 Å². The van der Waals surface area contributed by atoms with Crippen molar-refractivity contribution in [1.82, 2.24) is 15.5 Å². The van der Waals surface area contributed by atoms with Gasteiger partial charge >= 0.3 is 0 Å². The quantitative estimate of drug-likeness (QED) is 0.842. The van der Waals surface area contributed by atoms with Crippen molar-refractivity contribution in [1.29, 1.82) is 0 Å². The molecule has 1 aromatic carbocycles. The van der Waals surface area contributed by atoms with Crippen LogP contribution in [0.3, 0.4) is 0 Å². The van der Waals surface area contributed by atoms with E-state index in [-0.39, 0.29) is 11.9 Å². The van der Waals surface area contributed by atoms with Crippen LogP contribution < -0.4 is 14.8 Å². The van der Waals surface area contributed by atoms with Crippen LogP contribution in [-0.2, 0) is 11.2 Å². The van der Waals surface area contributed by atoms with E-state index >= 15 is 0 Å². The van der Waals surface area contributed by atoms with Gasteiger partial charge in [-0.2, -0.15) is 4.98 Å². The van der Waals surface area contributed by atoms with Gasteiger partial charge in [0.05, 0.1) is 14.2 Å². The van der Waals surface area contributed by atoms with E-state index in [0.29, 0.717) is 36.1 Å². The van der Waals surface area contributed by atoms with Gasteiger partial charge in [0.25, 0.3) is 0 Å². The smallest absolute Gasteiger partial charge is 0.248 e. The normalized spacial score (nSPS) is 11.8. The maximum absolute atomic E-state index is 12.1. The fraction of sp³-hybridized carbons (Fsp3) is 0.438. The first-order valence-corrected chi connectivity index (χ1v) is 7.33. The second-order valence-electron chi connectivity index (χ2n) is 5.19. The number of nitrogens with one attached hydrogen (secondary N) is 1. The van der Waals surface area contributed by atoms with E-state index in [0.717, 1.165) is 5.56 Å². The fourth-order valence-corrected chi connectivity index (χ4v) is 2.13. The number of nitrogens with zero attached hydrogens (tertiary/aromatic N) is 2. The third kappa shape index (κ3) is 4.70. The number of hydrogen-bond acceptors (Lipinski definition) is 6. The molecule has 0 aliphatic heterocycles. The number of benzene rings is 1. The molecule has 1 aromatic heterocycles. The summed E-state index contributed by atoms with van der Waals surface area (Å²) >= 11 is 0. The summed E-state index contributed by atoms with van der Waals surface area (Å²) in [5.41, 5.74) is 0.970. The lowest BCUT2D eigenvalue weighted by Crippen LogP contribution is -2.27. The third-order valence-electron chi connectivity index (χ3n) is 3.34. The van der Waals surface area contributed by atoms with Crippen LogP contribution in [0.1, 0.15) is 36.7 Å². The first-order valence-electron chi connectivity index (χ1n) is 7.33.